The van der Waals surface area contributed by atoms with E-state index in [1.807, 2.05) is 24.4 Å². The molecule has 26 heavy (non-hydrogen) atoms. The summed E-state index contributed by atoms with van der Waals surface area (Å²) < 4.78 is 0. The van der Waals surface area contributed by atoms with Gasteiger partial charge in [-0.3, -0.25) is 4.79 Å². The summed E-state index contributed by atoms with van der Waals surface area (Å²) in [5.41, 5.74) is 2.12. The van der Waals surface area contributed by atoms with Crippen LogP contribution in [0.5, 0.6) is 0 Å². The van der Waals surface area contributed by atoms with Gasteiger partial charge in [0.25, 0.3) is 0 Å². The third-order valence-corrected chi connectivity index (χ3v) is 5.90. The summed E-state index contributed by atoms with van der Waals surface area (Å²) in [6.07, 6.45) is 6.01. The highest BCUT2D eigenvalue weighted by atomic mass is 35.5. The summed E-state index contributed by atoms with van der Waals surface area (Å²) in [4.78, 5) is 16.0. The first kappa shape index (κ1) is 19.2. The molecule has 0 spiro atoms. The van der Waals surface area contributed by atoms with Gasteiger partial charge in [0.1, 0.15) is 0 Å². The van der Waals surface area contributed by atoms with Gasteiger partial charge in [-0.1, -0.05) is 18.2 Å². The highest BCUT2D eigenvalue weighted by Crippen LogP contribution is 2.35. The van der Waals surface area contributed by atoms with E-state index in [4.69, 9.17) is 0 Å². The van der Waals surface area contributed by atoms with Crippen molar-refractivity contribution in [3.05, 3.63) is 36.0 Å². The molecule has 1 saturated carbocycles. The van der Waals surface area contributed by atoms with Crippen LogP contribution in [0.1, 0.15) is 31.2 Å². The van der Waals surface area contributed by atoms with Gasteiger partial charge in [-0.15, -0.1) is 12.4 Å². The zero-order valence-corrected chi connectivity index (χ0v) is 15.7. The quantitative estimate of drug-likeness (QED) is 0.646. The average molecular weight is 378 g/mol. The lowest BCUT2D eigenvalue weighted by Crippen LogP contribution is -2.53. The molecule has 1 aliphatic carbocycles. The molecule has 0 radical (unpaired) electrons. The standard InChI is InChI=1S/C20H27N3O2.ClH/c24-16-9-14(10-16)20(13-5-7-21-8-6-13)23-19(25)11-15-12-22-18-4-2-1-3-17(15)18;/h1-4,12-14,16,20-22,24H,5-11H2,(H,23,25);1H. The number of piperidine rings is 1. The molecule has 1 aromatic carbocycles. The van der Waals surface area contributed by atoms with Gasteiger partial charge in [-0.2, -0.15) is 0 Å². The molecule has 6 heteroatoms. The molecule has 5 nitrogen and oxygen atoms in total. The van der Waals surface area contributed by atoms with E-state index in [-0.39, 0.29) is 30.5 Å². The van der Waals surface area contributed by atoms with Crippen LogP contribution in [0.25, 0.3) is 10.9 Å². The van der Waals surface area contributed by atoms with Crippen molar-refractivity contribution in [3.8, 4) is 0 Å². The monoisotopic (exact) mass is 377 g/mol. The number of rotatable bonds is 5. The number of H-pyrrole nitrogens is 1. The maximum atomic E-state index is 12.7. The molecule has 0 bridgehead atoms. The number of benzene rings is 1. The Morgan fingerprint density at radius 1 is 1.19 bits per heavy atom. The van der Waals surface area contributed by atoms with Crippen molar-refractivity contribution in [3.63, 3.8) is 0 Å². The van der Waals surface area contributed by atoms with E-state index in [9.17, 15) is 9.90 Å². The first-order valence-corrected chi connectivity index (χ1v) is 9.44. The van der Waals surface area contributed by atoms with Crippen LogP contribution in [0.4, 0.5) is 0 Å². The average Bonchev–Trinajstić information content (AvgIpc) is 3.01. The molecular weight excluding hydrogens is 350 g/mol. The summed E-state index contributed by atoms with van der Waals surface area (Å²) in [5, 5.41) is 17.5. The van der Waals surface area contributed by atoms with E-state index in [1.54, 1.807) is 0 Å². The van der Waals surface area contributed by atoms with Crippen LogP contribution in [-0.2, 0) is 11.2 Å². The molecule has 2 fully saturated rings. The molecule has 1 aliphatic heterocycles. The largest absolute Gasteiger partial charge is 0.393 e. The Hall–Kier alpha value is -1.56. The normalized spacial score (nSPS) is 24.5. The second-order valence-electron chi connectivity index (χ2n) is 7.60. The first-order valence-electron chi connectivity index (χ1n) is 9.44. The molecule has 2 heterocycles. The molecule has 2 aromatic rings. The summed E-state index contributed by atoms with van der Waals surface area (Å²) in [7, 11) is 0. The van der Waals surface area contributed by atoms with Crippen LogP contribution in [0.15, 0.2) is 30.5 Å². The minimum Gasteiger partial charge on any atom is -0.393 e. The zero-order valence-electron chi connectivity index (χ0n) is 14.9. The van der Waals surface area contributed by atoms with Crippen molar-refractivity contribution in [2.75, 3.05) is 13.1 Å². The Labute approximate surface area is 160 Å². The lowest BCUT2D eigenvalue weighted by atomic mass is 9.71. The third-order valence-electron chi connectivity index (χ3n) is 5.90. The van der Waals surface area contributed by atoms with Crippen LogP contribution >= 0.6 is 12.4 Å². The predicted molar refractivity (Wildman–Crippen MR) is 106 cm³/mol. The number of aromatic amines is 1. The fourth-order valence-corrected chi connectivity index (χ4v) is 4.43. The van der Waals surface area contributed by atoms with E-state index in [1.165, 1.54) is 0 Å². The molecule has 1 aromatic heterocycles. The van der Waals surface area contributed by atoms with Gasteiger partial charge in [0, 0.05) is 23.1 Å². The number of hydrogen-bond donors (Lipinski definition) is 4. The van der Waals surface area contributed by atoms with Gasteiger partial charge in [0.05, 0.1) is 12.5 Å². The topological polar surface area (TPSA) is 77.2 Å². The Morgan fingerprint density at radius 2 is 1.92 bits per heavy atom. The van der Waals surface area contributed by atoms with E-state index in [0.717, 1.165) is 55.2 Å². The summed E-state index contributed by atoms with van der Waals surface area (Å²) in [6.45, 7) is 2.05. The Balaban J connectivity index is 0.00000196. The molecule has 1 saturated heterocycles. The van der Waals surface area contributed by atoms with Crippen molar-refractivity contribution in [1.29, 1.82) is 0 Å². The fraction of sp³-hybridized carbons (Fsp3) is 0.550. The van der Waals surface area contributed by atoms with E-state index in [0.29, 0.717) is 18.3 Å². The molecule has 2 aliphatic rings. The van der Waals surface area contributed by atoms with Gasteiger partial charge >= 0.3 is 0 Å². The van der Waals surface area contributed by atoms with Crippen molar-refractivity contribution in [2.45, 2.75) is 44.2 Å². The second-order valence-corrected chi connectivity index (χ2v) is 7.60. The van der Waals surface area contributed by atoms with Crippen LogP contribution in [0.2, 0.25) is 0 Å². The SMILES string of the molecule is Cl.O=C(Cc1c[nH]c2ccccc12)NC(C1CCNCC1)C1CC(O)C1. The lowest BCUT2D eigenvalue weighted by Gasteiger charge is -2.43. The van der Waals surface area contributed by atoms with Crippen LogP contribution in [-0.4, -0.2) is 41.2 Å². The molecule has 4 rings (SSSR count). The Kier molecular flexibility index (Phi) is 6.22. The maximum absolute atomic E-state index is 12.7. The minimum absolute atomic E-state index is 0. The highest BCUT2D eigenvalue weighted by molar-refractivity contribution is 5.89. The van der Waals surface area contributed by atoms with Crippen LogP contribution in [0, 0.1) is 11.8 Å². The van der Waals surface area contributed by atoms with Crippen molar-refractivity contribution in [1.82, 2.24) is 15.6 Å². The van der Waals surface area contributed by atoms with Crippen LogP contribution in [0.3, 0.4) is 0 Å². The highest BCUT2D eigenvalue weighted by Gasteiger charge is 2.39. The number of aliphatic hydroxyl groups excluding tert-OH is 1. The number of carbonyl (C=O) groups excluding carboxylic acids is 1. The number of hydrogen-bond acceptors (Lipinski definition) is 3. The van der Waals surface area contributed by atoms with Crippen molar-refractivity contribution < 1.29 is 9.90 Å². The first-order chi connectivity index (χ1) is 12.2. The molecule has 1 atom stereocenters. The van der Waals surface area contributed by atoms with Gasteiger partial charge < -0.3 is 20.7 Å². The third kappa shape index (κ3) is 4.05. The van der Waals surface area contributed by atoms with Gasteiger partial charge in [-0.25, -0.2) is 0 Å². The number of aliphatic hydroxyl groups is 1. The van der Waals surface area contributed by atoms with E-state index >= 15 is 0 Å². The zero-order chi connectivity index (χ0) is 17.2. The number of para-hydroxylation sites is 1. The number of aromatic nitrogens is 1. The second kappa shape index (κ2) is 8.42. The van der Waals surface area contributed by atoms with Crippen LogP contribution < -0.4 is 10.6 Å². The number of nitrogens with one attached hydrogen (secondary N) is 3. The Morgan fingerprint density at radius 3 is 2.65 bits per heavy atom. The molecule has 1 unspecified atom stereocenters. The summed E-state index contributed by atoms with van der Waals surface area (Å²) in [6, 6.07) is 8.29. The van der Waals surface area contributed by atoms with E-state index < -0.39 is 0 Å². The van der Waals surface area contributed by atoms with Crippen molar-refractivity contribution in [2.24, 2.45) is 11.8 Å². The summed E-state index contributed by atoms with van der Waals surface area (Å²) in [5.74, 6) is 1.03. The number of carbonyl (C=O) groups is 1. The number of halogens is 1. The number of fused-ring (bicyclic) bond motifs is 1. The van der Waals surface area contributed by atoms with Crippen molar-refractivity contribution >= 4 is 29.2 Å². The molecule has 1 amide bonds. The Bertz CT molecular complexity index is 735. The predicted octanol–water partition coefficient (Wildman–Crippen LogP) is 2.39. The van der Waals surface area contributed by atoms with Gasteiger partial charge in [0.15, 0.2) is 0 Å². The van der Waals surface area contributed by atoms with Gasteiger partial charge in [-0.05, 0) is 62.2 Å². The molecule has 142 valence electrons. The lowest BCUT2D eigenvalue weighted by molar-refractivity contribution is -0.123. The molecular formula is C20H28ClN3O2. The van der Waals surface area contributed by atoms with Gasteiger partial charge in [0.2, 0.25) is 5.91 Å². The smallest absolute Gasteiger partial charge is 0.224 e. The maximum Gasteiger partial charge on any atom is 0.224 e. The van der Waals surface area contributed by atoms with E-state index in [2.05, 4.69) is 21.7 Å². The fourth-order valence-electron chi connectivity index (χ4n) is 4.43. The molecule has 4 N–H and O–H groups in total. The summed E-state index contributed by atoms with van der Waals surface area (Å²) >= 11 is 0. The number of amides is 1. The minimum atomic E-state index is -0.181.